The molecule has 0 radical (unpaired) electrons. The minimum Gasteiger partial charge on any atom is -0.378 e. The maximum absolute atomic E-state index is 5.47. The summed E-state index contributed by atoms with van der Waals surface area (Å²) in [5.41, 5.74) is 2.55. The first kappa shape index (κ1) is 21.5. The Morgan fingerprint density at radius 3 is 2.74 bits per heavy atom. The first-order chi connectivity index (χ1) is 12.9. The number of hydrogen-bond acceptors (Lipinski definition) is 4. The summed E-state index contributed by atoms with van der Waals surface area (Å²) in [5, 5.41) is 11.0. The molecule has 0 unspecified atom stereocenters. The van der Waals surface area contributed by atoms with Crippen LogP contribution in [-0.2, 0) is 17.8 Å². The summed E-state index contributed by atoms with van der Waals surface area (Å²) in [6.07, 6.45) is 4.78. The van der Waals surface area contributed by atoms with Gasteiger partial charge < -0.3 is 20.3 Å². The number of rotatable bonds is 7. The molecular weight excluding hydrogens is 455 g/mol. The molecule has 0 aliphatic carbocycles. The molecule has 0 saturated carbocycles. The molecule has 2 N–H and O–H groups in total. The minimum absolute atomic E-state index is 0. The number of para-hydroxylation sites is 1. The first-order valence-electron chi connectivity index (χ1n) is 9.19. The molecule has 1 aromatic heterocycles. The number of morpholine rings is 1. The van der Waals surface area contributed by atoms with Gasteiger partial charge >= 0.3 is 0 Å². The van der Waals surface area contributed by atoms with Gasteiger partial charge in [-0.25, -0.2) is 0 Å². The molecule has 0 bridgehead atoms. The van der Waals surface area contributed by atoms with E-state index in [0.717, 1.165) is 58.3 Å². The maximum atomic E-state index is 5.47. The monoisotopic (exact) mass is 484 g/mol. The van der Waals surface area contributed by atoms with Crippen LogP contribution in [0.2, 0.25) is 0 Å². The van der Waals surface area contributed by atoms with E-state index in [4.69, 9.17) is 4.74 Å². The van der Waals surface area contributed by atoms with Crippen molar-refractivity contribution in [3.05, 3.63) is 48.3 Å². The zero-order valence-corrected chi connectivity index (χ0v) is 18.1. The predicted octanol–water partition coefficient (Wildman–Crippen LogP) is 2.09. The van der Waals surface area contributed by atoms with Gasteiger partial charge in [-0.3, -0.25) is 9.67 Å². The van der Waals surface area contributed by atoms with Gasteiger partial charge in [-0.15, -0.1) is 24.0 Å². The predicted molar refractivity (Wildman–Crippen MR) is 120 cm³/mol. The summed E-state index contributed by atoms with van der Waals surface area (Å²) in [5.74, 6) is 0.822. The van der Waals surface area contributed by atoms with Crippen molar-refractivity contribution < 1.29 is 4.74 Å². The third kappa shape index (κ3) is 6.69. The Morgan fingerprint density at radius 2 is 2.00 bits per heavy atom. The summed E-state index contributed by atoms with van der Waals surface area (Å²) in [6.45, 7) is 5.96. The Labute approximate surface area is 178 Å². The molecule has 1 aliphatic heterocycles. The SMILES string of the molecule is CN=C(NCCCn1cccn1)NCc1ccccc1N1CCOCC1.I. The average molecular weight is 484 g/mol. The maximum Gasteiger partial charge on any atom is 0.191 e. The van der Waals surface area contributed by atoms with Gasteiger partial charge in [-0.1, -0.05) is 18.2 Å². The van der Waals surface area contributed by atoms with E-state index in [1.165, 1.54) is 11.3 Å². The lowest BCUT2D eigenvalue weighted by Crippen LogP contribution is -2.39. The van der Waals surface area contributed by atoms with E-state index in [1.807, 2.05) is 16.9 Å². The summed E-state index contributed by atoms with van der Waals surface area (Å²) < 4.78 is 7.41. The van der Waals surface area contributed by atoms with Crippen LogP contribution in [0.4, 0.5) is 5.69 Å². The highest BCUT2D eigenvalue weighted by Crippen LogP contribution is 2.21. The zero-order chi connectivity index (χ0) is 18.0. The highest BCUT2D eigenvalue weighted by atomic mass is 127. The summed E-state index contributed by atoms with van der Waals surface area (Å²) in [7, 11) is 1.80. The van der Waals surface area contributed by atoms with Crippen molar-refractivity contribution in [1.82, 2.24) is 20.4 Å². The number of aliphatic imine (C=N–C) groups is 1. The Kier molecular flexibility index (Phi) is 9.40. The van der Waals surface area contributed by atoms with Crippen molar-refractivity contribution in [3.8, 4) is 0 Å². The number of nitrogens with one attached hydrogen (secondary N) is 2. The van der Waals surface area contributed by atoms with Gasteiger partial charge in [0.15, 0.2) is 5.96 Å². The van der Waals surface area contributed by atoms with Crippen molar-refractivity contribution in [2.45, 2.75) is 19.5 Å². The molecule has 148 valence electrons. The quantitative estimate of drug-likeness (QED) is 0.273. The van der Waals surface area contributed by atoms with Crippen LogP contribution in [0.15, 0.2) is 47.7 Å². The topological polar surface area (TPSA) is 66.7 Å². The van der Waals surface area contributed by atoms with E-state index in [0.29, 0.717) is 0 Å². The average Bonchev–Trinajstić information content (AvgIpc) is 3.22. The van der Waals surface area contributed by atoms with Crippen molar-refractivity contribution in [3.63, 3.8) is 0 Å². The molecule has 1 aliphatic rings. The van der Waals surface area contributed by atoms with Gasteiger partial charge in [0.1, 0.15) is 0 Å². The normalized spacial score (nSPS) is 14.6. The van der Waals surface area contributed by atoms with Crippen LogP contribution in [0.3, 0.4) is 0 Å². The Morgan fingerprint density at radius 1 is 1.19 bits per heavy atom. The van der Waals surface area contributed by atoms with E-state index >= 15 is 0 Å². The Balaban J connectivity index is 0.00000261. The van der Waals surface area contributed by atoms with Gasteiger partial charge in [-0.2, -0.15) is 5.10 Å². The van der Waals surface area contributed by atoms with Crippen LogP contribution in [0.25, 0.3) is 0 Å². The van der Waals surface area contributed by atoms with E-state index in [-0.39, 0.29) is 24.0 Å². The second-order valence-corrected chi connectivity index (χ2v) is 6.20. The molecule has 0 amide bonds. The minimum atomic E-state index is 0. The standard InChI is InChI=1S/C19H28N6O.HI/c1-20-19(21-8-4-10-25-11-5-9-23-25)22-16-17-6-2-3-7-18(17)24-12-14-26-15-13-24;/h2-3,5-7,9,11H,4,8,10,12-16H2,1H3,(H2,20,21,22);1H. The van der Waals surface area contributed by atoms with Gasteiger partial charge in [-0.05, 0) is 24.1 Å². The van der Waals surface area contributed by atoms with Crippen LogP contribution >= 0.6 is 24.0 Å². The molecule has 2 aromatic rings. The molecule has 0 atom stereocenters. The second-order valence-electron chi connectivity index (χ2n) is 6.20. The molecular formula is C19H29IN6O. The zero-order valence-electron chi connectivity index (χ0n) is 15.8. The molecule has 8 heteroatoms. The second kappa shape index (κ2) is 11.8. The number of halogens is 1. The van der Waals surface area contributed by atoms with Gasteiger partial charge in [0.05, 0.1) is 13.2 Å². The Hall–Kier alpha value is -1.81. The number of ether oxygens (including phenoxy) is 1. The highest BCUT2D eigenvalue weighted by molar-refractivity contribution is 14.0. The first-order valence-corrected chi connectivity index (χ1v) is 9.19. The fraction of sp³-hybridized carbons (Fsp3) is 0.474. The van der Waals surface area contributed by atoms with Crippen molar-refractivity contribution >= 4 is 35.6 Å². The smallest absolute Gasteiger partial charge is 0.191 e. The van der Waals surface area contributed by atoms with Crippen LogP contribution < -0.4 is 15.5 Å². The fourth-order valence-corrected chi connectivity index (χ4v) is 3.05. The van der Waals surface area contributed by atoms with Crippen LogP contribution in [0.1, 0.15) is 12.0 Å². The van der Waals surface area contributed by atoms with Crippen LogP contribution in [0.5, 0.6) is 0 Å². The lowest BCUT2D eigenvalue weighted by molar-refractivity contribution is 0.122. The molecule has 1 fully saturated rings. The summed E-state index contributed by atoms with van der Waals surface area (Å²) in [4.78, 5) is 6.71. The summed E-state index contributed by atoms with van der Waals surface area (Å²) in [6, 6.07) is 10.5. The number of aromatic nitrogens is 2. The van der Waals surface area contributed by atoms with Gasteiger partial charge in [0.25, 0.3) is 0 Å². The Bertz CT molecular complexity index is 685. The molecule has 27 heavy (non-hydrogen) atoms. The summed E-state index contributed by atoms with van der Waals surface area (Å²) >= 11 is 0. The number of nitrogens with zero attached hydrogens (tertiary/aromatic N) is 4. The third-order valence-corrected chi connectivity index (χ3v) is 4.43. The number of anilines is 1. The van der Waals surface area contributed by atoms with E-state index < -0.39 is 0 Å². The van der Waals surface area contributed by atoms with E-state index in [9.17, 15) is 0 Å². The number of aryl methyl sites for hydroxylation is 1. The third-order valence-electron chi connectivity index (χ3n) is 4.43. The molecule has 0 spiro atoms. The van der Waals surface area contributed by atoms with Crippen LogP contribution in [0, 0.1) is 0 Å². The van der Waals surface area contributed by atoms with E-state index in [1.54, 1.807) is 13.2 Å². The van der Waals surface area contributed by atoms with Gasteiger partial charge in [0, 0.05) is 57.9 Å². The van der Waals surface area contributed by atoms with Gasteiger partial charge in [0.2, 0.25) is 0 Å². The molecule has 2 heterocycles. The van der Waals surface area contributed by atoms with Crippen molar-refractivity contribution in [2.24, 2.45) is 4.99 Å². The van der Waals surface area contributed by atoms with E-state index in [2.05, 4.69) is 49.9 Å². The molecule has 7 nitrogen and oxygen atoms in total. The molecule has 1 aromatic carbocycles. The number of guanidine groups is 1. The number of hydrogen-bond donors (Lipinski definition) is 2. The van der Waals surface area contributed by atoms with Crippen LogP contribution in [-0.4, -0.2) is 55.6 Å². The molecule has 1 saturated heterocycles. The lowest BCUT2D eigenvalue weighted by atomic mass is 10.1. The number of benzene rings is 1. The molecule has 3 rings (SSSR count). The van der Waals surface area contributed by atoms with Crippen molar-refractivity contribution in [1.29, 1.82) is 0 Å². The largest absolute Gasteiger partial charge is 0.378 e. The highest BCUT2D eigenvalue weighted by Gasteiger charge is 2.14. The lowest BCUT2D eigenvalue weighted by Gasteiger charge is -2.30. The van der Waals surface area contributed by atoms with Crippen molar-refractivity contribution in [2.75, 3.05) is 44.8 Å². The fourth-order valence-electron chi connectivity index (χ4n) is 3.05.